The van der Waals surface area contributed by atoms with Gasteiger partial charge in [-0.2, -0.15) is 0 Å². The molecule has 1 aromatic heterocycles. The Labute approximate surface area is 117 Å². The van der Waals surface area contributed by atoms with Gasteiger partial charge in [-0.1, -0.05) is 19.3 Å². The fraction of sp³-hybridized carbons (Fsp3) is 0.533. The molecule has 0 radical (unpaired) electrons. The zero-order valence-corrected chi connectivity index (χ0v) is 11.9. The predicted molar refractivity (Wildman–Crippen MR) is 76.1 cm³/mol. The maximum Gasteiger partial charge on any atom is 0.128 e. The van der Waals surface area contributed by atoms with Gasteiger partial charge >= 0.3 is 0 Å². The van der Waals surface area contributed by atoms with Crippen molar-refractivity contribution < 1.29 is 4.39 Å². The van der Waals surface area contributed by atoms with Gasteiger partial charge in [0.2, 0.25) is 0 Å². The fourth-order valence-electron chi connectivity index (χ4n) is 3.11. The molecular formula is C15H18ClFN2. The third-order valence-electron chi connectivity index (χ3n) is 4.10. The van der Waals surface area contributed by atoms with Crippen molar-refractivity contribution in [3.8, 4) is 0 Å². The van der Waals surface area contributed by atoms with Crippen LogP contribution in [0.5, 0.6) is 0 Å². The van der Waals surface area contributed by atoms with Crippen molar-refractivity contribution in [3.05, 3.63) is 29.3 Å². The van der Waals surface area contributed by atoms with Crippen molar-refractivity contribution in [1.29, 1.82) is 0 Å². The van der Waals surface area contributed by atoms with Crippen LogP contribution in [0.4, 0.5) is 4.39 Å². The number of alkyl halides is 1. The Hall–Kier alpha value is -1.09. The van der Waals surface area contributed by atoms with Gasteiger partial charge in [-0.25, -0.2) is 9.37 Å². The molecule has 0 bridgehead atoms. The lowest BCUT2D eigenvalue weighted by atomic mass is 9.95. The summed E-state index contributed by atoms with van der Waals surface area (Å²) in [5.74, 6) is 1.06. The molecule has 0 amide bonds. The Morgan fingerprint density at radius 2 is 2.05 bits per heavy atom. The summed E-state index contributed by atoms with van der Waals surface area (Å²) in [5, 5.41) is 0. The summed E-state index contributed by atoms with van der Waals surface area (Å²) >= 11 is 6.03. The molecule has 0 N–H and O–H groups in total. The number of benzene rings is 1. The molecule has 19 heavy (non-hydrogen) atoms. The van der Waals surface area contributed by atoms with Crippen molar-refractivity contribution in [3.63, 3.8) is 0 Å². The molecule has 3 rings (SSSR count). The van der Waals surface area contributed by atoms with Gasteiger partial charge in [0.05, 0.1) is 16.9 Å². The van der Waals surface area contributed by atoms with Gasteiger partial charge in [0.1, 0.15) is 11.6 Å². The van der Waals surface area contributed by atoms with Crippen LogP contribution < -0.4 is 0 Å². The lowest BCUT2D eigenvalue weighted by molar-refractivity contribution is 0.354. The normalized spacial score (nSPS) is 17.2. The second-order valence-corrected chi connectivity index (χ2v) is 5.68. The molecule has 1 aliphatic rings. The number of imidazole rings is 1. The Kier molecular flexibility index (Phi) is 3.48. The first kappa shape index (κ1) is 12.9. The van der Waals surface area contributed by atoms with Crippen molar-refractivity contribution in [2.24, 2.45) is 0 Å². The maximum atomic E-state index is 13.7. The van der Waals surface area contributed by atoms with E-state index < -0.39 is 0 Å². The minimum absolute atomic E-state index is 0.193. The average Bonchev–Trinajstić information content (AvgIpc) is 2.78. The first-order chi connectivity index (χ1) is 9.20. The van der Waals surface area contributed by atoms with Crippen LogP contribution in [0.3, 0.4) is 0 Å². The monoisotopic (exact) mass is 280 g/mol. The van der Waals surface area contributed by atoms with E-state index in [9.17, 15) is 4.39 Å². The molecule has 0 spiro atoms. The van der Waals surface area contributed by atoms with E-state index in [-0.39, 0.29) is 5.82 Å². The molecule has 2 nitrogen and oxygen atoms in total. The number of halogens is 2. The van der Waals surface area contributed by atoms with Crippen molar-refractivity contribution in [2.45, 2.75) is 50.9 Å². The zero-order chi connectivity index (χ0) is 13.4. The molecule has 1 saturated carbocycles. The Morgan fingerprint density at radius 3 is 2.74 bits per heavy atom. The number of hydrogen-bond acceptors (Lipinski definition) is 1. The van der Waals surface area contributed by atoms with E-state index in [1.807, 2.05) is 6.07 Å². The first-order valence-electron chi connectivity index (χ1n) is 6.93. The average molecular weight is 281 g/mol. The topological polar surface area (TPSA) is 17.8 Å². The highest BCUT2D eigenvalue weighted by Gasteiger charge is 2.21. The Balaban J connectivity index is 2.16. The minimum Gasteiger partial charge on any atom is -0.324 e. The van der Waals surface area contributed by atoms with E-state index in [2.05, 4.69) is 9.55 Å². The van der Waals surface area contributed by atoms with Gasteiger partial charge in [0.25, 0.3) is 0 Å². The Morgan fingerprint density at radius 1 is 1.32 bits per heavy atom. The second kappa shape index (κ2) is 5.12. The summed E-state index contributed by atoms with van der Waals surface area (Å²) in [6.45, 7) is 1.80. The van der Waals surface area contributed by atoms with Gasteiger partial charge in [-0.05, 0) is 31.4 Å². The Bertz CT molecular complexity index is 600. The number of hydrogen-bond donors (Lipinski definition) is 0. The molecule has 0 aliphatic heterocycles. The SMILES string of the molecule is Cc1cc2c(cc1F)nc(CCl)n2C1CCCCC1. The van der Waals surface area contributed by atoms with Crippen molar-refractivity contribution in [2.75, 3.05) is 0 Å². The number of fused-ring (bicyclic) bond motifs is 1. The van der Waals surface area contributed by atoms with Crippen LogP contribution in [0.15, 0.2) is 12.1 Å². The van der Waals surface area contributed by atoms with E-state index in [1.54, 1.807) is 6.92 Å². The molecule has 0 atom stereocenters. The summed E-state index contributed by atoms with van der Waals surface area (Å²) in [7, 11) is 0. The lowest BCUT2D eigenvalue weighted by Crippen LogP contribution is -2.15. The van der Waals surface area contributed by atoms with Gasteiger partial charge < -0.3 is 4.57 Å². The molecule has 102 valence electrons. The van der Waals surface area contributed by atoms with Crippen molar-refractivity contribution >= 4 is 22.6 Å². The maximum absolute atomic E-state index is 13.7. The highest BCUT2D eigenvalue weighted by atomic mass is 35.5. The smallest absolute Gasteiger partial charge is 0.128 e. The third-order valence-corrected chi connectivity index (χ3v) is 4.34. The highest BCUT2D eigenvalue weighted by molar-refractivity contribution is 6.16. The fourth-order valence-corrected chi connectivity index (χ4v) is 3.30. The summed E-state index contributed by atoms with van der Waals surface area (Å²) in [4.78, 5) is 4.50. The van der Waals surface area contributed by atoms with Crippen molar-refractivity contribution in [1.82, 2.24) is 9.55 Å². The number of rotatable bonds is 2. The third kappa shape index (κ3) is 2.25. The molecule has 0 saturated heterocycles. The summed E-state index contributed by atoms with van der Waals surface area (Å²) < 4.78 is 15.9. The van der Waals surface area contributed by atoms with E-state index >= 15 is 0 Å². The molecule has 1 heterocycles. The second-order valence-electron chi connectivity index (χ2n) is 5.41. The van der Waals surface area contributed by atoms with Gasteiger partial charge in [0, 0.05) is 12.1 Å². The van der Waals surface area contributed by atoms with Crippen LogP contribution in [0, 0.1) is 12.7 Å². The summed E-state index contributed by atoms with van der Waals surface area (Å²) in [6, 6.07) is 3.90. The molecule has 1 fully saturated rings. The van der Waals surface area contributed by atoms with E-state index in [1.165, 1.54) is 38.2 Å². The van der Waals surface area contributed by atoms with Crippen LogP contribution >= 0.6 is 11.6 Å². The zero-order valence-electron chi connectivity index (χ0n) is 11.1. The largest absolute Gasteiger partial charge is 0.324 e. The molecule has 1 aromatic carbocycles. The molecular weight excluding hydrogens is 263 g/mol. The number of aryl methyl sites for hydroxylation is 1. The van der Waals surface area contributed by atoms with Gasteiger partial charge in [-0.15, -0.1) is 11.6 Å². The summed E-state index contributed by atoms with van der Waals surface area (Å²) in [5.41, 5.74) is 2.43. The first-order valence-corrected chi connectivity index (χ1v) is 7.47. The highest BCUT2D eigenvalue weighted by Crippen LogP contribution is 2.33. The molecule has 4 heteroatoms. The van der Waals surface area contributed by atoms with E-state index in [4.69, 9.17) is 11.6 Å². The van der Waals surface area contributed by atoms with Gasteiger partial charge in [0.15, 0.2) is 0 Å². The van der Waals surface area contributed by atoms with Crippen LogP contribution in [-0.4, -0.2) is 9.55 Å². The molecule has 0 unspecified atom stereocenters. The molecule has 1 aliphatic carbocycles. The standard InChI is InChI=1S/C15H18ClFN2/c1-10-7-14-13(8-12(10)17)18-15(9-16)19(14)11-5-3-2-4-6-11/h7-8,11H,2-6,9H2,1H3. The number of aromatic nitrogens is 2. The van der Waals surface area contributed by atoms with Crippen LogP contribution in [0.25, 0.3) is 11.0 Å². The van der Waals surface area contributed by atoms with Crippen LogP contribution in [0.2, 0.25) is 0 Å². The predicted octanol–water partition coefficient (Wildman–Crippen LogP) is 4.73. The molecule has 2 aromatic rings. The van der Waals surface area contributed by atoms with Crippen LogP contribution in [0.1, 0.15) is 49.5 Å². The van der Waals surface area contributed by atoms with Crippen LogP contribution in [-0.2, 0) is 5.88 Å². The van der Waals surface area contributed by atoms with E-state index in [0.29, 0.717) is 17.5 Å². The van der Waals surface area contributed by atoms with Gasteiger partial charge in [-0.3, -0.25) is 0 Å². The van der Waals surface area contributed by atoms with E-state index in [0.717, 1.165) is 16.9 Å². The lowest BCUT2D eigenvalue weighted by Gasteiger charge is -2.25. The number of nitrogens with zero attached hydrogens (tertiary/aromatic N) is 2. The minimum atomic E-state index is -0.193. The quantitative estimate of drug-likeness (QED) is 0.727. The summed E-state index contributed by atoms with van der Waals surface area (Å²) in [6.07, 6.45) is 6.17.